The van der Waals surface area contributed by atoms with Crippen LogP contribution in [-0.4, -0.2) is 47.8 Å². The summed E-state index contributed by atoms with van der Waals surface area (Å²) in [5.74, 6) is -0.496. The summed E-state index contributed by atoms with van der Waals surface area (Å²) in [5, 5.41) is 0.939. The number of halogens is 1. The van der Waals surface area contributed by atoms with Crippen molar-refractivity contribution < 1.29 is 14.0 Å². The first kappa shape index (κ1) is 21.6. The van der Waals surface area contributed by atoms with Gasteiger partial charge in [0.1, 0.15) is 5.82 Å². The molecule has 6 heteroatoms. The summed E-state index contributed by atoms with van der Waals surface area (Å²) in [6.45, 7) is 5.62. The van der Waals surface area contributed by atoms with Crippen LogP contribution in [-0.2, 0) is 12.8 Å². The minimum atomic E-state index is -0.396. The van der Waals surface area contributed by atoms with E-state index in [1.807, 2.05) is 28.9 Å². The number of aryl methyl sites for hydroxylation is 2. The average Bonchev–Trinajstić information content (AvgIpc) is 2.82. The van der Waals surface area contributed by atoms with Gasteiger partial charge in [-0.3, -0.25) is 14.6 Å². The highest BCUT2D eigenvalue weighted by Gasteiger charge is 2.29. The Hall–Kier alpha value is -3.28. The molecule has 1 fully saturated rings. The monoisotopic (exact) mass is 445 g/mol. The molecular weight excluding hydrogens is 417 g/mol. The standard InChI is InChI=1S/C27H28FN3O2/c1-17-7-9-24-21(15-17)26(20-5-3-4-6-23(20)29-24)27(33)31-13-11-30(12-14-31)25-10-8-19(18(2)32)16-22(25)28/h7-10,15-16H,3-6,11-14H2,1-2H3. The summed E-state index contributed by atoms with van der Waals surface area (Å²) >= 11 is 0. The van der Waals surface area contributed by atoms with Crippen LogP contribution in [0.3, 0.4) is 0 Å². The molecule has 0 N–H and O–H groups in total. The maximum Gasteiger partial charge on any atom is 0.255 e. The molecule has 2 aliphatic rings. The number of amides is 1. The number of carbonyl (C=O) groups excluding carboxylic acids is 2. The summed E-state index contributed by atoms with van der Waals surface area (Å²) in [7, 11) is 0. The molecule has 0 atom stereocenters. The van der Waals surface area contributed by atoms with Crippen molar-refractivity contribution in [2.24, 2.45) is 0 Å². The minimum Gasteiger partial charge on any atom is -0.366 e. The number of carbonyl (C=O) groups is 2. The second-order valence-corrected chi connectivity index (χ2v) is 9.14. The first-order chi connectivity index (χ1) is 15.9. The van der Waals surface area contributed by atoms with Crippen molar-refractivity contribution >= 4 is 28.3 Å². The van der Waals surface area contributed by atoms with Crippen LogP contribution in [0.5, 0.6) is 0 Å². The number of Topliss-reactive ketones (excluding diaryl/α,β-unsaturated/α-hetero) is 1. The Morgan fingerprint density at radius 3 is 2.45 bits per heavy atom. The molecule has 3 aromatic rings. The van der Waals surface area contributed by atoms with E-state index in [0.29, 0.717) is 37.4 Å². The van der Waals surface area contributed by atoms with Crippen molar-refractivity contribution in [2.75, 3.05) is 31.1 Å². The van der Waals surface area contributed by atoms with E-state index < -0.39 is 5.82 Å². The third-order valence-electron chi connectivity index (χ3n) is 6.89. The van der Waals surface area contributed by atoms with Crippen LogP contribution in [0.4, 0.5) is 10.1 Å². The van der Waals surface area contributed by atoms with Crippen molar-refractivity contribution in [1.29, 1.82) is 0 Å². The van der Waals surface area contributed by atoms with Crippen LogP contribution in [0.2, 0.25) is 0 Å². The van der Waals surface area contributed by atoms with Crippen LogP contribution in [0.15, 0.2) is 36.4 Å². The number of pyridine rings is 1. The number of fused-ring (bicyclic) bond motifs is 2. The average molecular weight is 446 g/mol. The lowest BCUT2D eigenvalue weighted by atomic mass is 9.89. The highest BCUT2D eigenvalue weighted by Crippen LogP contribution is 2.31. The van der Waals surface area contributed by atoms with Gasteiger partial charge in [-0.15, -0.1) is 0 Å². The second kappa shape index (κ2) is 8.58. The van der Waals surface area contributed by atoms with Crippen molar-refractivity contribution in [3.8, 4) is 0 Å². The SMILES string of the molecule is CC(=O)c1ccc(N2CCN(C(=O)c3c4c(nc5ccc(C)cc35)CCCC4)CC2)c(F)c1. The zero-order valence-corrected chi connectivity index (χ0v) is 19.2. The fourth-order valence-electron chi connectivity index (χ4n) is 5.07. The minimum absolute atomic E-state index is 0.0539. The second-order valence-electron chi connectivity index (χ2n) is 9.14. The molecule has 0 radical (unpaired) electrons. The van der Waals surface area contributed by atoms with Gasteiger partial charge in [-0.25, -0.2) is 4.39 Å². The molecule has 1 aliphatic heterocycles. The maximum absolute atomic E-state index is 14.6. The Bertz CT molecular complexity index is 1260. The van der Waals surface area contributed by atoms with Crippen molar-refractivity contribution in [3.63, 3.8) is 0 Å². The third-order valence-corrected chi connectivity index (χ3v) is 6.89. The molecule has 1 amide bonds. The maximum atomic E-state index is 14.6. The first-order valence-corrected chi connectivity index (χ1v) is 11.7. The molecular formula is C27H28FN3O2. The summed E-state index contributed by atoms with van der Waals surface area (Å²) in [6.07, 6.45) is 4.00. The number of hydrogen-bond acceptors (Lipinski definition) is 4. The zero-order valence-electron chi connectivity index (χ0n) is 19.2. The Labute approximate surface area is 193 Å². The predicted octanol–water partition coefficient (Wildman–Crippen LogP) is 4.73. The number of rotatable bonds is 3. The lowest BCUT2D eigenvalue weighted by Crippen LogP contribution is -2.49. The topological polar surface area (TPSA) is 53.5 Å². The van der Waals surface area contributed by atoms with Gasteiger partial charge in [-0.1, -0.05) is 11.6 Å². The molecule has 5 rings (SSSR count). The Kier molecular flexibility index (Phi) is 5.60. The Morgan fingerprint density at radius 1 is 0.970 bits per heavy atom. The van der Waals surface area contributed by atoms with Crippen molar-refractivity contribution in [2.45, 2.75) is 39.5 Å². The summed E-state index contributed by atoms with van der Waals surface area (Å²) in [5.41, 5.74) is 5.83. The van der Waals surface area contributed by atoms with Crippen LogP contribution in [0.1, 0.15) is 57.3 Å². The smallest absolute Gasteiger partial charge is 0.255 e. The van der Waals surface area contributed by atoms with E-state index in [9.17, 15) is 14.0 Å². The zero-order chi connectivity index (χ0) is 23.1. The number of nitrogens with zero attached hydrogens (tertiary/aromatic N) is 3. The highest BCUT2D eigenvalue weighted by atomic mass is 19.1. The molecule has 2 aromatic carbocycles. The van der Waals surface area contributed by atoms with Crippen LogP contribution in [0, 0.1) is 12.7 Å². The number of hydrogen-bond donors (Lipinski definition) is 0. The van der Waals surface area contributed by atoms with E-state index in [1.54, 1.807) is 12.1 Å². The fraction of sp³-hybridized carbons (Fsp3) is 0.370. The van der Waals surface area contributed by atoms with Crippen molar-refractivity contribution in [3.05, 3.63) is 70.2 Å². The molecule has 5 nitrogen and oxygen atoms in total. The number of piperazine rings is 1. The number of aromatic nitrogens is 1. The van der Waals surface area contributed by atoms with Gasteiger partial charge in [0, 0.05) is 42.8 Å². The predicted molar refractivity (Wildman–Crippen MR) is 128 cm³/mol. The van der Waals surface area contributed by atoms with Crippen molar-refractivity contribution in [1.82, 2.24) is 9.88 Å². The van der Waals surface area contributed by atoms with Gasteiger partial charge in [0.25, 0.3) is 5.91 Å². The van der Waals surface area contributed by atoms with E-state index in [4.69, 9.17) is 4.98 Å². The van der Waals surface area contributed by atoms with Crippen LogP contribution in [0.25, 0.3) is 10.9 Å². The molecule has 170 valence electrons. The number of ketones is 1. The third kappa shape index (κ3) is 3.99. The number of benzene rings is 2. The molecule has 1 aliphatic carbocycles. The lowest BCUT2D eigenvalue weighted by Gasteiger charge is -2.37. The van der Waals surface area contributed by atoms with E-state index >= 15 is 0 Å². The highest BCUT2D eigenvalue weighted by molar-refractivity contribution is 6.08. The molecule has 2 heterocycles. The summed E-state index contributed by atoms with van der Waals surface area (Å²) < 4.78 is 14.6. The van der Waals surface area contributed by atoms with Gasteiger partial charge in [0.2, 0.25) is 0 Å². The van der Waals surface area contributed by atoms with Gasteiger partial charge in [0.15, 0.2) is 5.78 Å². The normalized spacial score (nSPS) is 16.1. The molecule has 0 saturated carbocycles. The van der Waals surface area contributed by atoms with E-state index in [-0.39, 0.29) is 11.7 Å². The molecule has 1 aromatic heterocycles. The van der Waals surface area contributed by atoms with Gasteiger partial charge in [0.05, 0.1) is 16.8 Å². The largest absolute Gasteiger partial charge is 0.366 e. The van der Waals surface area contributed by atoms with Crippen LogP contribution < -0.4 is 4.90 Å². The molecule has 0 spiro atoms. The molecule has 33 heavy (non-hydrogen) atoms. The quantitative estimate of drug-likeness (QED) is 0.547. The Morgan fingerprint density at radius 2 is 1.73 bits per heavy atom. The van der Waals surface area contributed by atoms with Crippen LogP contribution >= 0.6 is 0 Å². The first-order valence-electron chi connectivity index (χ1n) is 11.7. The van der Waals surface area contributed by atoms with Gasteiger partial charge < -0.3 is 9.80 Å². The van der Waals surface area contributed by atoms with E-state index in [0.717, 1.165) is 59.0 Å². The van der Waals surface area contributed by atoms with Gasteiger partial charge in [-0.05, 0) is 75.4 Å². The number of anilines is 1. The van der Waals surface area contributed by atoms with Gasteiger partial charge >= 0.3 is 0 Å². The lowest BCUT2D eigenvalue weighted by molar-refractivity contribution is 0.0747. The summed E-state index contributed by atoms with van der Waals surface area (Å²) in [4.78, 5) is 34.0. The summed E-state index contributed by atoms with van der Waals surface area (Å²) in [6, 6.07) is 10.8. The molecule has 1 saturated heterocycles. The van der Waals surface area contributed by atoms with E-state index in [2.05, 4.69) is 6.07 Å². The van der Waals surface area contributed by atoms with Gasteiger partial charge in [-0.2, -0.15) is 0 Å². The van der Waals surface area contributed by atoms with E-state index in [1.165, 1.54) is 13.0 Å². The molecule has 0 bridgehead atoms. The molecule has 0 unspecified atom stereocenters. The Balaban J connectivity index is 1.42. The fourth-order valence-corrected chi connectivity index (χ4v) is 5.07.